The van der Waals surface area contributed by atoms with Gasteiger partial charge in [0.1, 0.15) is 0 Å². The second-order valence-corrected chi connectivity index (χ2v) is 7.88. The van der Waals surface area contributed by atoms with Gasteiger partial charge in [0.05, 0.1) is 29.0 Å². The van der Waals surface area contributed by atoms with Crippen LogP contribution in [-0.2, 0) is 4.79 Å². The summed E-state index contributed by atoms with van der Waals surface area (Å²) in [4.78, 5) is 42.1. The Morgan fingerprint density at radius 1 is 1.03 bits per heavy atom. The van der Waals surface area contributed by atoms with Crippen LogP contribution >= 0.6 is 11.8 Å². The molecule has 2 aromatic carbocycles. The standard InChI is InChI=1S/C23H20N4O4S/c1-15(16-8-3-2-4-9-16)27-22(30)17-10-5-6-11-18(17)24-23(27)32-14-20(28)25-26-21(29)19-12-7-13-31-19/h2-13,15H,14H2,1H3,(H,25,28)(H,26,29). The van der Waals surface area contributed by atoms with Crippen molar-refractivity contribution in [2.45, 2.75) is 18.1 Å². The Bertz CT molecular complexity index is 1300. The zero-order valence-corrected chi connectivity index (χ0v) is 18.0. The number of fused-ring (bicyclic) bond motifs is 1. The fourth-order valence-corrected chi connectivity index (χ4v) is 4.09. The van der Waals surface area contributed by atoms with Crippen LogP contribution in [0.2, 0.25) is 0 Å². The first-order chi connectivity index (χ1) is 15.5. The SMILES string of the molecule is CC(c1ccccc1)n1c(SCC(=O)NNC(=O)c2ccco2)nc2ccccc2c1=O. The van der Waals surface area contributed by atoms with Gasteiger partial charge in [-0.15, -0.1) is 0 Å². The molecule has 32 heavy (non-hydrogen) atoms. The Hall–Kier alpha value is -3.85. The Balaban J connectivity index is 1.56. The lowest BCUT2D eigenvalue weighted by Crippen LogP contribution is -2.42. The van der Waals surface area contributed by atoms with Crippen molar-refractivity contribution in [2.24, 2.45) is 0 Å². The molecule has 9 heteroatoms. The van der Waals surface area contributed by atoms with Crippen LogP contribution in [0.25, 0.3) is 10.9 Å². The Morgan fingerprint density at radius 3 is 2.53 bits per heavy atom. The summed E-state index contributed by atoms with van der Waals surface area (Å²) in [5, 5.41) is 0.923. The van der Waals surface area contributed by atoms with Crippen molar-refractivity contribution in [1.29, 1.82) is 0 Å². The molecule has 0 radical (unpaired) electrons. The molecule has 0 saturated carbocycles. The number of hydrogen-bond acceptors (Lipinski definition) is 6. The highest BCUT2D eigenvalue weighted by Gasteiger charge is 2.19. The van der Waals surface area contributed by atoms with E-state index in [1.165, 1.54) is 12.3 Å². The van der Waals surface area contributed by atoms with E-state index in [0.29, 0.717) is 16.1 Å². The number of para-hydroxylation sites is 1. The van der Waals surface area contributed by atoms with E-state index in [9.17, 15) is 14.4 Å². The largest absolute Gasteiger partial charge is 0.459 e. The monoisotopic (exact) mass is 448 g/mol. The van der Waals surface area contributed by atoms with E-state index in [0.717, 1.165) is 17.3 Å². The van der Waals surface area contributed by atoms with E-state index in [1.807, 2.05) is 43.3 Å². The number of hydrazine groups is 1. The van der Waals surface area contributed by atoms with Crippen LogP contribution < -0.4 is 16.4 Å². The van der Waals surface area contributed by atoms with Gasteiger partial charge in [0.2, 0.25) is 5.91 Å². The number of carbonyl (C=O) groups is 2. The number of rotatable bonds is 6. The van der Waals surface area contributed by atoms with E-state index >= 15 is 0 Å². The molecule has 0 bridgehead atoms. The molecular formula is C23H20N4O4S. The van der Waals surface area contributed by atoms with Gasteiger partial charge < -0.3 is 4.42 Å². The number of benzene rings is 2. The Kier molecular flexibility index (Phi) is 6.37. The maximum Gasteiger partial charge on any atom is 0.305 e. The molecule has 0 spiro atoms. The van der Waals surface area contributed by atoms with Crippen LogP contribution in [0, 0.1) is 0 Å². The van der Waals surface area contributed by atoms with Crippen LogP contribution in [0.4, 0.5) is 0 Å². The summed E-state index contributed by atoms with van der Waals surface area (Å²) in [7, 11) is 0. The predicted octanol–water partition coefficient (Wildman–Crippen LogP) is 3.15. The first-order valence-electron chi connectivity index (χ1n) is 9.86. The highest BCUT2D eigenvalue weighted by Crippen LogP contribution is 2.24. The highest BCUT2D eigenvalue weighted by molar-refractivity contribution is 7.99. The third-order valence-electron chi connectivity index (χ3n) is 4.84. The number of carbonyl (C=O) groups excluding carboxylic acids is 2. The molecule has 8 nitrogen and oxygen atoms in total. The van der Waals surface area contributed by atoms with Gasteiger partial charge in [-0.05, 0) is 36.8 Å². The third-order valence-corrected chi connectivity index (χ3v) is 5.79. The smallest absolute Gasteiger partial charge is 0.305 e. The number of hydrogen-bond donors (Lipinski definition) is 2. The van der Waals surface area contributed by atoms with E-state index < -0.39 is 11.8 Å². The van der Waals surface area contributed by atoms with Gasteiger partial charge in [-0.25, -0.2) is 4.98 Å². The van der Waals surface area contributed by atoms with Gasteiger partial charge in [-0.3, -0.25) is 29.8 Å². The zero-order valence-electron chi connectivity index (χ0n) is 17.1. The third kappa shape index (κ3) is 4.57. The molecular weight excluding hydrogens is 428 g/mol. The predicted molar refractivity (Wildman–Crippen MR) is 121 cm³/mol. The number of nitrogens with one attached hydrogen (secondary N) is 2. The molecule has 2 heterocycles. The summed E-state index contributed by atoms with van der Waals surface area (Å²) in [6, 6.07) is 19.5. The van der Waals surface area contributed by atoms with Crippen molar-refractivity contribution >= 4 is 34.5 Å². The quantitative estimate of drug-likeness (QED) is 0.267. The van der Waals surface area contributed by atoms with Gasteiger partial charge in [-0.2, -0.15) is 0 Å². The first-order valence-corrected chi connectivity index (χ1v) is 10.8. The number of nitrogens with zero attached hydrogens (tertiary/aromatic N) is 2. The minimum Gasteiger partial charge on any atom is -0.459 e. The molecule has 0 aliphatic rings. The maximum atomic E-state index is 13.3. The van der Waals surface area contributed by atoms with E-state index in [-0.39, 0.29) is 23.1 Å². The zero-order chi connectivity index (χ0) is 22.5. The molecule has 1 atom stereocenters. The summed E-state index contributed by atoms with van der Waals surface area (Å²) in [6.45, 7) is 1.92. The van der Waals surface area contributed by atoms with Crippen molar-refractivity contribution in [3.05, 3.63) is 94.7 Å². The van der Waals surface area contributed by atoms with Crippen molar-refractivity contribution in [1.82, 2.24) is 20.4 Å². The van der Waals surface area contributed by atoms with Crippen molar-refractivity contribution in [2.75, 3.05) is 5.75 Å². The van der Waals surface area contributed by atoms with E-state index in [2.05, 4.69) is 15.8 Å². The van der Waals surface area contributed by atoms with Crippen LogP contribution in [0.15, 0.2) is 87.4 Å². The lowest BCUT2D eigenvalue weighted by Gasteiger charge is -2.20. The van der Waals surface area contributed by atoms with Crippen molar-refractivity contribution in [3.63, 3.8) is 0 Å². The van der Waals surface area contributed by atoms with Crippen LogP contribution in [-0.4, -0.2) is 27.1 Å². The fraction of sp³-hybridized carbons (Fsp3) is 0.130. The van der Waals surface area contributed by atoms with Crippen LogP contribution in [0.5, 0.6) is 0 Å². The summed E-state index contributed by atoms with van der Waals surface area (Å²) in [6.07, 6.45) is 1.37. The average molecular weight is 449 g/mol. The first kappa shape index (κ1) is 21.4. The molecule has 0 aliphatic carbocycles. The van der Waals surface area contributed by atoms with Gasteiger partial charge in [-0.1, -0.05) is 54.2 Å². The van der Waals surface area contributed by atoms with Gasteiger partial charge in [0.25, 0.3) is 5.56 Å². The second-order valence-electron chi connectivity index (χ2n) is 6.94. The van der Waals surface area contributed by atoms with Gasteiger partial charge in [0, 0.05) is 0 Å². The molecule has 0 saturated heterocycles. The molecule has 4 aromatic rings. The number of aromatic nitrogens is 2. The van der Waals surface area contributed by atoms with Crippen LogP contribution in [0.1, 0.15) is 29.1 Å². The van der Waals surface area contributed by atoms with Crippen molar-refractivity contribution < 1.29 is 14.0 Å². The van der Waals surface area contributed by atoms with E-state index in [4.69, 9.17) is 4.42 Å². The van der Waals surface area contributed by atoms with E-state index in [1.54, 1.807) is 28.8 Å². The molecule has 0 fully saturated rings. The maximum absolute atomic E-state index is 13.3. The van der Waals surface area contributed by atoms with Crippen LogP contribution in [0.3, 0.4) is 0 Å². The lowest BCUT2D eigenvalue weighted by atomic mass is 10.1. The molecule has 2 N–H and O–H groups in total. The molecule has 162 valence electrons. The van der Waals surface area contributed by atoms with Gasteiger partial charge in [0.15, 0.2) is 10.9 Å². The number of furan rings is 1. The molecule has 0 aliphatic heterocycles. The summed E-state index contributed by atoms with van der Waals surface area (Å²) in [5.74, 6) is -0.979. The number of thioether (sulfide) groups is 1. The molecule has 2 aromatic heterocycles. The highest BCUT2D eigenvalue weighted by atomic mass is 32.2. The minimum absolute atomic E-state index is 0.0509. The fourth-order valence-electron chi connectivity index (χ4n) is 3.21. The minimum atomic E-state index is -0.563. The molecule has 1 unspecified atom stereocenters. The summed E-state index contributed by atoms with van der Waals surface area (Å²) >= 11 is 1.12. The summed E-state index contributed by atoms with van der Waals surface area (Å²) in [5.41, 5.74) is 5.96. The Labute approximate surface area is 187 Å². The molecule has 4 rings (SSSR count). The second kappa shape index (κ2) is 9.52. The summed E-state index contributed by atoms with van der Waals surface area (Å²) < 4.78 is 6.57. The number of amides is 2. The molecule has 2 amide bonds. The topological polar surface area (TPSA) is 106 Å². The average Bonchev–Trinajstić information content (AvgIpc) is 3.37. The Morgan fingerprint density at radius 2 is 1.78 bits per heavy atom. The normalized spacial score (nSPS) is 11.8. The van der Waals surface area contributed by atoms with Gasteiger partial charge >= 0.3 is 5.91 Å². The van der Waals surface area contributed by atoms with Crippen molar-refractivity contribution in [3.8, 4) is 0 Å². The lowest BCUT2D eigenvalue weighted by molar-refractivity contribution is -0.119.